The lowest BCUT2D eigenvalue weighted by Crippen LogP contribution is -2.18. The maximum atomic E-state index is 13.6. The van der Waals surface area contributed by atoms with Crippen molar-refractivity contribution in [1.29, 1.82) is 0 Å². The number of fused-ring (bicyclic) bond motifs is 1. The molecule has 0 aliphatic heterocycles. The Labute approximate surface area is 172 Å². The van der Waals surface area contributed by atoms with E-state index in [0.29, 0.717) is 16.7 Å². The van der Waals surface area contributed by atoms with Crippen LogP contribution in [-0.2, 0) is 12.7 Å². The monoisotopic (exact) mass is 436 g/mol. The molecule has 0 bridgehead atoms. The number of nitrogens with zero attached hydrogens (tertiary/aromatic N) is 1. The highest BCUT2D eigenvalue weighted by molar-refractivity contribution is 6.34. The van der Waals surface area contributed by atoms with Crippen LogP contribution in [0, 0.1) is 5.82 Å². The first-order valence-corrected chi connectivity index (χ1v) is 9.09. The number of rotatable bonds is 4. The van der Waals surface area contributed by atoms with Gasteiger partial charge in [-0.15, -0.1) is 0 Å². The normalized spacial score (nSPS) is 11.8. The van der Waals surface area contributed by atoms with Gasteiger partial charge in [0.1, 0.15) is 11.5 Å². The SMILES string of the molecule is O=C(Nc1cc(C(F)(F)F)ccc1Cl)c1cc2occc2n1Cc1cccc(F)c1. The van der Waals surface area contributed by atoms with Gasteiger partial charge in [0.2, 0.25) is 0 Å². The van der Waals surface area contributed by atoms with E-state index in [1.807, 2.05) is 0 Å². The molecule has 0 spiro atoms. The van der Waals surface area contributed by atoms with Gasteiger partial charge in [-0.05, 0) is 35.9 Å². The summed E-state index contributed by atoms with van der Waals surface area (Å²) >= 11 is 5.97. The lowest BCUT2D eigenvalue weighted by molar-refractivity contribution is -0.137. The minimum absolute atomic E-state index is 0.0386. The number of nitrogens with one attached hydrogen (secondary N) is 1. The Hall–Kier alpha value is -3.26. The van der Waals surface area contributed by atoms with Gasteiger partial charge in [-0.25, -0.2) is 4.39 Å². The van der Waals surface area contributed by atoms with Crippen molar-refractivity contribution in [2.24, 2.45) is 0 Å². The summed E-state index contributed by atoms with van der Waals surface area (Å²) in [5, 5.41) is 2.38. The van der Waals surface area contributed by atoms with Crippen LogP contribution in [0.4, 0.5) is 23.2 Å². The summed E-state index contributed by atoms with van der Waals surface area (Å²) < 4.78 is 59.5. The molecular weight excluding hydrogens is 424 g/mol. The lowest BCUT2D eigenvalue weighted by Gasteiger charge is -2.13. The summed E-state index contributed by atoms with van der Waals surface area (Å²) in [6.07, 6.45) is -3.14. The number of carbonyl (C=O) groups excluding carboxylic acids is 1. The zero-order valence-corrected chi connectivity index (χ0v) is 15.9. The number of aromatic nitrogens is 1. The quantitative estimate of drug-likeness (QED) is 0.379. The molecule has 4 rings (SSSR count). The van der Waals surface area contributed by atoms with Crippen LogP contribution in [0.1, 0.15) is 21.6 Å². The predicted octanol–water partition coefficient (Wildman–Crippen LogP) is 6.35. The Morgan fingerprint density at radius 1 is 1.10 bits per heavy atom. The third kappa shape index (κ3) is 3.91. The minimum atomic E-state index is -4.58. The number of halogens is 5. The summed E-state index contributed by atoms with van der Waals surface area (Å²) in [6, 6.07) is 11.6. The van der Waals surface area contributed by atoms with Crippen LogP contribution >= 0.6 is 11.6 Å². The van der Waals surface area contributed by atoms with Crippen LogP contribution < -0.4 is 5.32 Å². The van der Waals surface area contributed by atoms with Gasteiger partial charge < -0.3 is 14.3 Å². The maximum absolute atomic E-state index is 13.6. The Kier molecular flexibility index (Phi) is 5.03. The first-order valence-electron chi connectivity index (χ1n) is 8.71. The van der Waals surface area contributed by atoms with Gasteiger partial charge in [-0.3, -0.25) is 4.79 Å². The van der Waals surface area contributed by atoms with Crippen molar-refractivity contribution in [2.45, 2.75) is 12.7 Å². The van der Waals surface area contributed by atoms with Crippen molar-refractivity contribution in [1.82, 2.24) is 4.57 Å². The maximum Gasteiger partial charge on any atom is 0.416 e. The molecule has 30 heavy (non-hydrogen) atoms. The van der Waals surface area contributed by atoms with Crippen LogP contribution in [-0.4, -0.2) is 10.5 Å². The number of hydrogen-bond acceptors (Lipinski definition) is 2. The van der Waals surface area contributed by atoms with Gasteiger partial charge in [-0.2, -0.15) is 13.2 Å². The fourth-order valence-corrected chi connectivity index (χ4v) is 3.30. The van der Waals surface area contributed by atoms with Crippen molar-refractivity contribution in [3.8, 4) is 0 Å². The molecule has 0 unspecified atom stereocenters. The molecule has 2 heterocycles. The number of carbonyl (C=O) groups is 1. The van der Waals surface area contributed by atoms with Crippen molar-refractivity contribution < 1.29 is 26.8 Å². The van der Waals surface area contributed by atoms with E-state index in [2.05, 4.69) is 5.32 Å². The van der Waals surface area contributed by atoms with Gasteiger partial charge >= 0.3 is 6.18 Å². The Balaban J connectivity index is 1.70. The number of anilines is 1. The molecule has 154 valence electrons. The van der Waals surface area contributed by atoms with Crippen LogP contribution in [0.25, 0.3) is 11.1 Å². The second kappa shape index (κ2) is 7.53. The molecule has 0 atom stereocenters. The molecular formula is C21H13ClF4N2O2. The van der Waals surface area contributed by atoms with E-state index in [4.69, 9.17) is 16.0 Å². The fourth-order valence-electron chi connectivity index (χ4n) is 3.14. The molecule has 2 aromatic carbocycles. The third-order valence-corrected chi connectivity index (χ3v) is 4.86. The van der Waals surface area contributed by atoms with Gasteiger partial charge in [0.25, 0.3) is 5.91 Å². The third-order valence-electron chi connectivity index (χ3n) is 4.53. The molecule has 0 radical (unpaired) electrons. The van der Waals surface area contributed by atoms with Crippen LogP contribution in [0.2, 0.25) is 5.02 Å². The molecule has 0 fully saturated rings. The van der Waals surface area contributed by atoms with Crippen LogP contribution in [0.15, 0.2) is 65.3 Å². The number of alkyl halides is 3. The highest BCUT2D eigenvalue weighted by Gasteiger charge is 2.31. The zero-order chi connectivity index (χ0) is 21.5. The van der Waals surface area contributed by atoms with E-state index in [9.17, 15) is 22.4 Å². The summed E-state index contributed by atoms with van der Waals surface area (Å²) in [7, 11) is 0. The summed E-state index contributed by atoms with van der Waals surface area (Å²) in [4.78, 5) is 12.9. The molecule has 4 nitrogen and oxygen atoms in total. The standard InChI is InChI=1S/C21H13ClF4N2O2/c22-15-5-4-13(21(24,25)26)9-16(15)27-20(29)18-10-19-17(6-7-30-19)28(18)11-12-2-1-3-14(23)8-12/h1-10H,11H2,(H,27,29). The van der Waals surface area contributed by atoms with E-state index in [-0.39, 0.29) is 22.9 Å². The minimum Gasteiger partial charge on any atom is -0.463 e. The van der Waals surface area contributed by atoms with Crippen LogP contribution in [0.5, 0.6) is 0 Å². The van der Waals surface area contributed by atoms with Gasteiger partial charge in [0.15, 0.2) is 5.58 Å². The van der Waals surface area contributed by atoms with E-state index >= 15 is 0 Å². The first kappa shape index (κ1) is 20.0. The molecule has 0 aliphatic rings. The number of hydrogen-bond donors (Lipinski definition) is 1. The molecule has 4 aromatic rings. The van der Waals surface area contributed by atoms with Crippen molar-refractivity contribution in [3.63, 3.8) is 0 Å². The molecule has 2 aromatic heterocycles. The smallest absolute Gasteiger partial charge is 0.416 e. The molecule has 0 saturated carbocycles. The second-order valence-electron chi connectivity index (χ2n) is 6.56. The predicted molar refractivity (Wildman–Crippen MR) is 104 cm³/mol. The van der Waals surface area contributed by atoms with Gasteiger partial charge in [0, 0.05) is 18.7 Å². The van der Waals surface area contributed by atoms with E-state index in [0.717, 1.165) is 18.2 Å². The Bertz CT molecular complexity index is 1240. The van der Waals surface area contributed by atoms with Crippen molar-refractivity contribution in [3.05, 3.63) is 88.5 Å². The summed E-state index contributed by atoms with van der Waals surface area (Å²) in [5.74, 6) is -1.11. The molecule has 1 N–H and O–H groups in total. The van der Waals surface area contributed by atoms with E-state index in [1.54, 1.807) is 22.8 Å². The largest absolute Gasteiger partial charge is 0.463 e. The first-order chi connectivity index (χ1) is 14.2. The van der Waals surface area contributed by atoms with Gasteiger partial charge in [-0.1, -0.05) is 23.7 Å². The Morgan fingerprint density at radius 2 is 1.90 bits per heavy atom. The summed E-state index contributed by atoms with van der Waals surface area (Å²) in [5.41, 5.74) is 0.603. The average molecular weight is 437 g/mol. The van der Waals surface area contributed by atoms with Crippen LogP contribution in [0.3, 0.4) is 0 Å². The van der Waals surface area contributed by atoms with Crippen molar-refractivity contribution in [2.75, 3.05) is 5.32 Å². The van der Waals surface area contributed by atoms with Crippen molar-refractivity contribution >= 4 is 34.3 Å². The lowest BCUT2D eigenvalue weighted by atomic mass is 10.2. The molecule has 0 saturated heterocycles. The average Bonchev–Trinajstić information content (AvgIpc) is 3.25. The zero-order valence-electron chi connectivity index (χ0n) is 15.1. The van der Waals surface area contributed by atoms with E-state index < -0.39 is 23.5 Å². The topological polar surface area (TPSA) is 47.2 Å². The Morgan fingerprint density at radius 3 is 2.63 bits per heavy atom. The highest BCUT2D eigenvalue weighted by atomic mass is 35.5. The molecule has 0 aliphatic carbocycles. The summed E-state index contributed by atoms with van der Waals surface area (Å²) in [6.45, 7) is 0.153. The fraction of sp³-hybridized carbons (Fsp3) is 0.0952. The second-order valence-corrected chi connectivity index (χ2v) is 6.97. The number of benzene rings is 2. The highest BCUT2D eigenvalue weighted by Crippen LogP contribution is 2.34. The van der Waals surface area contributed by atoms with Gasteiger partial charge in [0.05, 0.1) is 28.1 Å². The van der Waals surface area contributed by atoms with E-state index in [1.165, 1.54) is 24.5 Å². The molecule has 1 amide bonds. The molecule has 9 heteroatoms. The number of amides is 1. The number of furan rings is 1.